The van der Waals surface area contributed by atoms with Gasteiger partial charge >= 0.3 is 6.03 Å². The highest BCUT2D eigenvalue weighted by molar-refractivity contribution is 5.74. The summed E-state index contributed by atoms with van der Waals surface area (Å²) < 4.78 is 12.9. The van der Waals surface area contributed by atoms with Crippen molar-refractivity contribution in [2.45, 2.75) is 19.3 Å². The monoisotopic (exact) mass is 369 g/mol. The third-order valence-corrected chi connectivity index (χ3v) is 5.05. The first-order valence-corrected chi connectivity index (χ1v) is 9.74. The van der Waals surface area contributed by atoms with Crippen LogP contribution in [0.4, 0.5) is 9.18 Å². The average molecular weight is 369 g/mol. The molecule has 0 aliphatic carbocycles. The molecule has 5 heteroatoms. The Bertz CT molecular complexity index is 697. The summed E-state index contributed by atoms with van der Waals surface area (Å²) >= 11 is 0. The van der Waals surface area contributed by atoms with Crippen LogP contribution in [-0.4, -0.2) is 55.1 Å². The van der Waals surface area contributed by atoms with Gasteiger partial charge in [0.15, 0.2) is 0 Å². The number of carbonyl (C=O) groups is 1. The van der Waals surface area contributed by atoms with E-state index in [1.165, 1.54) is 17.7 Å². The Balaban J connectivity index is 1.30. The lowest BCUT2D eigenvalue weighted by Crippen LogP contribution is -2.52. The lowest BCUT2D eigenvalue weighted by molar-refractivity contribution is 0.140. The van der Waals surface area contributed by atoms with Gasteiger partial charge in [0, 0.05) is 39.3 Å². The molecule has 27 heavy (non-hydrogen) atoms. The number of nitrogens with zero attached hydrogens (tertiary/aromatic N) is 2. The fourth-order valence-corrected chi connectivity index (χ4v) is 3.36. The molecule has 0 saturated carbocycles. The molecule has 3 rings (SSSR count). The lowest BCUT2D eigenvalue weighted by atomic mass is 10.1. The molecule has 1 fully saturated rings. The highest BCUT2D eigenvalue weighted by Crippen LogP contribution is 2.07. The van der Waals surface area contributed by atoms with E-state index in [0.29, 0.717) is 6.54 Å². The topological polar surface area (TPSA) is 35.6 Å². The molecule has 0 spiro atoms. The van der Waals surface area contributed by atoms with E-state index < -0.39 is 0 Å². The number of halogens is 1. The van der Waals surface area contributed by atoms with Crippen LogP contribution in [0.2, 0.25) is 0 Å². The van der Waals surface area contributed by atoms with Crippen LogP contribution < -0.4 is 5.32 Å². The van der Waals surface area contributed by atoms with Crippen molar-refractivity contribution < 1.29 is 9.18 Å². The molecule has 144 valence electrons. The molecule has 1 aliphatic rings. The van der Waals surface area contributed by atoms with Gasteiger partial charge in [0.2, 0.25) is 0 Å². The second-order valence-electron chi connectivity index (χ2n) is 7.03. The van der Waals surface area contributed by atoms with Crippen LogP contribution in [0.1, 0.15) is 17.5 Å². The molecule has 1 heterocycles. The van der Waals surface area contributed by atoms with Crippen LogP contribution in [-0.2, 0) is 12.8 Å². The molecule has 1 aliphatic heterocycles. The number of aryl methyl sites for hydroxylation is 1. The highest BCUT2D eigenvalue weighted by Gasteiger charge is 2.20. The number of nitrogens with one attached hydrogen (secondary N) is 1. The van der Waals surface area contributed by atoms with Gasteiger partial charge in [-0.1, -0.05) is 42.5 Å². The molecule has 0 bridgehead atoms. The lowest BCUT2D eigenvalue weighted by Gasteiger charge is -2.34. The third kappa shape index (κ3) is 6.36. The zero-order valence-corrected chi connectivity index (χ0v) is 15.7. The van der Waals surface area contributed by atoms with Crippen molar-refractivity contribution in [3.63, 3.8) is 0 Å². The van der Waals surface area contributed by atoms with Crippen molar-refractivity contribution >= 4 is 6.03 Å². The summed E-state index contributed by atoms with van der Waals surface area (Å²) in [7, 11) is 0. The summed E-state index contributed by atoms with van der Waals surface area (Å²) in [5.74, 6) is -0.192. The minimum atomic E-state index is -0.192. The first kappa shape index (κ1) is 19.4. The summed E-state index contributed by atoms with van der Waals surface area (Å²) in [6.07, 6.45) is 2.84. The van der Waals surface area contributed by atoms with Gasteiger partial charge in [0.05, 0.1) is 0 Å². The van der Waals surface area contributed by atoms with Crippen LogP contribution in [0.5, 0.6) is 0 Å². The fraction of sp³-hybridized carbons (Fsp3) is 0.409. The minimum absolute atomic E-state index is 0.0428. The molecule has 0 unspecified atom stereocenters. The molecule has 1 saturated heterocycles. The van der Waals surface area contributed by atoms with E-state index >= 15 is 0 Å². The van der Waals surface area contributed by atoms with Gasteiger partial charge in [0.25, 0.3) is 0 Å². The summed E-state index contributed by atoms with van der Waals surface area (Å²) in [6.45, 7) is 4.94. The summed E-state index contributed by atoms with van der Waals surface area (Å²) in [5, 5.41) is 3.03. The zero-order valence-electron chi connectivity index (χ0n) is 15.7. The first-order chi connectivity index (χ1) is 13.2. The van der Waals surface area contributed by atoms with Gasteiger partial charge in [-0.2, -0.15) is 0 Å². The van der Waals surface area contributed by atoms with Crippen molar-refractivity contribution in [1.29, 1.82) is 0 Å². The Morgan fingerprint density at radius 3 is 2.26 bits per heavy atom. The third-order valence-electron chi connectivity index (χ3n) is 5.05. The number of hydrogen-bond donors (Lipinski definition) is 1. The van der Waals surface area contributed by atoms with Gasteiger partial charge in [-0.3, -0.25) is 4.90 Å². The van der Waals surface area contributed by atoms with E-state index in [2.05, 4.69) is 22.3 Å². The number of carbonyl (C=O) groups excluding carboxylic acids is 1. The van der Waals surface area contributed by atoms with Gasteiger partial charge < -0.3 is 10.2 Å². The average Bonchev–Trinajstić information content (AvgIpc) is 2.72. The fourth-order valence-electron chi connectivity index (χ4n) is 3.36. The number of urea groups is 1. The van der Waals surface area contributed by atoms with Gasteiger partial charge in [-0.25, -0.2) is 9.18 Å². The zero-order chi connectivity index (χ0) is 18.9. The normalized spacial score (nSPS) is 14.9. The molecular weight excluding hydrogens is 341 g/mol. The van der Waals surface area contributed by atoms with E-state index in [1.54, 1.807) is 0 Å². The molecule has 2 aromatic carbocycles. The predicted molar refractivity (Wildman–Crippen MR) is 106 cm³/mol. The number of rotatable bonds is 7. The number of piperazine rings is 1. The Labute approximate surface area is 161 Å². The van der Waals surface area contributed by atoms with Crippen LogP contribution in [0.25, 0.3) is 0 Å². The SMILES string of the molecule is O=C(NCCCc1ccccc1)N1CCN(CCc2ccc(F)cc2)CC1. The number of hydrogen-bond acceptors (Lipinski definition) is 2. The molecule has 0 aromatic heterocycles. The van der Waals surface area contributed by atoms with E-state index in [0.717, 1.165) is 57.5 Å². The van der Waals surface area contributed by atoms with E-state index in [1.807, 2.05) is 35.2 Å². The predicted octanol–water partition coefficient (Wildman–Crippen LogP) is 3.33. The van der Waals surface area contributed by atoms with Crippen molar-refractivity contribution in [1.82, 2.24) is 15.1 Å². The van der Waals surface area contributed by atoms with Crippen LogP contribution in [0.3, 0.4) is 0 Å². The molecule has 1 N–H and O–H groups in total. The Kier molecular flexibility index (Phi) is 7.22. The van der Waals surface area contributed by atoms with Crippen molar-refractivity contribution in [3.05, 3.63) is 71.5 Å². The second-order valence-corrected chi connectivity index (χ2v) is 7.03. The smallest absolute Gasteiger partial charge is 0.317 e. The summed E-state index contributed by atoms with van der Waals surface area (Å²) in [6, 6.07) is 17.1. The van der Waals surface area contributed by atoms with Gasteiger partial charge in [-0.05, 0) is 42.5 Å². The van der Waals surface area contributed by atoms with Crippen LogP contribution >= 0.6 is 0 Å². The standard InChI is InChI=1S/C22H28FN3O/c23-21-10-8-20(9-11-21)12-14-25-15-17-26(18-16-25)22(27)24-13-4-7-19-5-2-1-3-6-19/h1-3,5-6,8-11H,4,7,12-18H2,(H,24,27). The van der Waals surface area contributed by atoms with E-state index in [-0.39, 0.29) is 11.8 Å². The van der Waals surface area contributed by atoms with Crippen molar-refractivity contribution in [3.8, 4) is 0 Å². The molecule has 0 radical (unpaired) electrons. The quantitative estimate of drug-likeness (QED) is 0.760. The maximum Gasteiger partial charge on any atom is 0.317 e. The largest absolute Gasteiger partial charge is 0.338 e. The summed E-state index contributed by atoms with van der Waals surface area (Å²) in [5.41, 5.74) is 2.46. The molecule has 4 nitrogen and oxygen atoms in total. The number of amides is 2. The number of benzene rings is 2. The maximum atomic E-state index is 12.9. The van der Waals surface area contributed by atoms with Crippen molar-refractivity contribution in [2.75, 3.05) is 39.3 Å². The Morgan fingerprint density at radius 1 is 0.889 bits per heavy atom. The van der Waals surface area contributed by atoms with E-state index in [9.17, 15) is 9.18 Å². The summed E-state index contributed by atoms with van der Waals surface area (Å²) in [4.78, 5) is 16.6. The van der Waals surface area contributed by atoms with Gasteiger partial charge in [-0.15, -0.1) is 0 Å². The van der Waals surface area contributed by atoms with Crippen molar-refractivity contribution in [2.24, 2.45) is 0 Å². The molecular formula is C22H28FN3O. The molecule has 2 amide bonds. The minimum Gasteiger partial charge on any atom is -0.338 e. The molecule has 0 atom stereocenters. The van der Waals surface area contributed by atoms with Crippen LogP contribution in [0.15, 0.2) is 54.6 Å². The van der Waals surface area contributed by atoms with Crippen LogP contribution in [0, 0.1) is 5.82 Å². The van der Waals surface area contributed by atoms with E-state index in [4.69, 9.17) is 0 Å². The Morgan fingerprint density at radius 2 is 1.56 bits per heavy atom. The highest BCUT2D eigenvalue weighted by atomic mass is 19.1. The second kappa shape index (κ2) is 10.1. The Hall–Kier alpha value is -2.40. The maximum absolute atomic E-state index is 12.9. The molecule has 2 aromatic rings. The van der Waals surface area contributed by atoms with Gasteiger partial charge in [0.1, 0.15) is 5.82 Å². The first-order valence-electron chi connectivity index (χ1n) is 9.74.